The predicted molar refractivity (Wildman–Crippen MR) is 134 cm³/mol. The number of rotatable bonds is 6. The van der Waals surface area contributed by atoms with E-state index in [1.54, 1.807) is 60.7 Å². The highest BCUT2D eigenvalue weighted by Crippen LogP contribution is 2.30. The van der Waals surface area contributed by atoms with E-state index in [0.717, 1.165) is 16.5 Å². The number of hydrogen-bond acceptors (Lipinski definition) is 4. The average Bonchev–Trinajstić information content (AvgIpc) is 2.85. The van der Waals surface area contributed by atoms with Gasteiger partial charge >= 0.3 is 0 Å². The first kappa shape index (κ1) is 23.0. The van der Waals surface area contributed by atoms with Crippen LogP contribution in [0, 0.1) is 18.3 Å². The second-order valence-corrected chi connectivity index (χ2v) is 9.92. The molecule has 34 heavy (non-hydrogen) atoms. The summed E-state index contributed by atoms with van der Waals surface area (Å²) in [5.41, 5.74) is 3.10. The molecule has 0 aromatic heterocycles. The quantitative estimate of drug-likeness (QED) is 0.429. The van der Waals surface area contributed by atoms with Crippen molar-refractivity contribution < 1.29 is 13.2 Å². The maximum absolute atomic E-state index is 13.5. The van der Waals surface area contributed by atoms with Gasteiger partial charge in [-0.15, -0.1) is 0 Å². The third kappa shape index (κ3) is 4.63. The van der Waals surface area contributed by atoms with Gasteiger partial charge in [-0.2, -0.15) is 5.26 Å². The van der Waals surface area contributed by atoms with Crippen LogP contribution >= 0.6 is 0 Å². The molecule has 0 fully saturated rings. The van der Waals surface area contributed by atoms with E-state index in [2.05, 4.69) is 11.4 Å². The number of carbonyl (C=O) groups is 1. The molecule has 170 valence electrons. The molecule has 7 heteroatoms. The molecular weight excluding hydrogens is 446 g/mol. The van der Waals surface area contributed by atoms with Crippen molar-refractivity contribution in [1.29, 1.82) is 5.26 Å². The molecule has 0 saturated heterocycles. The summed E-state index contributed by atoms with van der Waals surface area (Å²) in [6.45, 7) is 1.85. The molecule has 0 radical (unpaired) electrons. The van der Waals surface area contributed by atoms with E-state index >= 15 is 0 Å². The number of benzene rings is 4. The Hall–Kier alpha value is -4.15. The highest BCUT2D eigenvalue weighted by molar-refractivity contribution is 7.93. The van der Waals surface area contributed by atoms with E-state index in [1.165, 1.54) is 11.4 Å². The minimum Gasteiger partial charge on any atom is -0.325 e. The zero-order valence-electron chi connectivity index (χ0n) is 18.8. The maximum Gasteiger partial charge on any atom is 0.264 e. The summed E-state index contributed by atoms with van der Waals surface area (Å²) in [6.07, 6.45) is 0.138. The van der Waals surface area contributed by atoms with Crippen LogP contribution in [-0.2, 0) is 21.2 Å². The van der Waals surface area contributed by atoms with Crippen molar-refractivity contribution in [3.05, 3.63) is 102 Å². The van der Waals surface area contributed by atoms with Gasteiger partial charge in [0, 0.05) is 18.1 Å². The first-order chi connectivity index (χ1) is 16.3. The number of nitrogens with zero attached hydrogens (tertiary/aromatic N) is 2. The Morgan fingerprint density at radius 1 is 0.971 bits per heavy atom. The molecule has 0 aliphatic rings. The fourth-order valence-electron chi connectivity index (χ4n) is 3.72. The lowest BCUT2D eigenvalue weighted by atomic mass is 10.1. The lowest BCUT2D eigenvalue weighted by Crippen LogP contribution is -2.27. The number of fused-ring (bicyclic) bond motifs is 1. The van der Waals surface area contributed by atoms with Gasteiger partial charge in [0.2, 0.25) is 5.91 Å². The minimum atomic E-state index is -3.84. The van der Waals surface area contributed by atoms with Crippen LogP contribution in [0.4, 0.5) is 11.4 Å². The van der Waals surface area contributed by atoms with E-state index in [1.807, 2.05) is 31.2 Å². The first-order valence-electron chi connectivity index (χ1n) is 10.7. The monoisotopic (exact) mass is 469 g/mol. The van der Waals surface area contributed by atoms with Crippen LogP contribution in [0.2, 0.25) is 0 Å². The third-order valence-electron chi connectivity index (χ3n) is 5.69. The molecule has 0 aliphatic carbocycles. The van der Waals surface area contributed by atoms with Crippen LogP contribution < -0.4 is 9.62 Å². The number of sulfonamides is 1. The van der Waals surface area contributed by atoms with Crippen molar-refractivity contribution in [2.75, 3.05) is 16.7 Å². The van der Waals surface area contributed by atoms with E-state index in [0.29, 0.717) is 22.3 Å². The number of hydrogen-bond donors (Lipinski definition) is 1. The minimum absolute atomic E-state index is 0.138. The summed E-state index contributed by atoms with van der Waals surface area (Å²) in [7, 11) is -2.33. The Morgan fingerprint density at radius 3 is 2.41 bits per heavy atom. The average molecular weight is 470 g/mol. The van der Waals surface area contributed by atoms with Crippen molar-refractivity contribution in [2.45, 2.75) is 18.2 Å². The summed E-state index contributed by atoms with van der Waals surface area (Å²) in [4.78, 5) is 12.8. The van der Waals surface area contributed by atoms with Gasteiger partial charge in [0.1, 0.15) is 0 Å². The highest BCUT2D eigenvalue weighted by Gasteiger charge is 2.24. The third-order valence-corrected chi connectivity index (χ3v) is 7.54. The van der Waals surface area contributed by atoms with Gasteiger partial charge in [-0.05, 0) is 53.8 Å². The zero-order valence-corrected chi connectivity index (χ0v) is 19.6. The molecule has 0 aliphatic heterocycles. The molecule has 1 N–H and O–H groups in total. The number of aryl methyl sites for hydroxylation is 1. The smallest absolute Gasteiger partial charge is 0.264 e. The fraction of sp³-hybridized carbons (Fsp3) is 0.111. The molecule has 4 rings (SSSR count). The van der Waals surface area contributed by atoms with E-state index in [4.69, 9.17) is 5.26 Å². The van der Waals surface area contributed by atoms with Gasteiger partial charge in [-0.3, -0.25) is 9.10 Å². The molecule has 0 saturated carbocycles. The van der Waals surface area contributed by atoms with Crippen LogP contribution in [-0.4, -0.2) is 21.4 Å². The van der Waals surface area contributed by atoms with E-state index < -0.39 is 10.0 Å². The van der Waals surface area contributed by atoms with E-state index in [-0.39, 0.29) is 17.2 Å². The second kappa shape index (κ2) is 9.38. The van der Waals surface area contributed by atoms with Crippen molar-refractivity contribution >= 4 is 38.1 Å². The van der Waals surface area contributed by atoms with Crippen LogP contribution in [0.5, 0.6) is 0 Å². The summed E-state index contributed by atoms with van der Waals surface area (Å²) >= 11 is 0. The topological polar surface area (TPSA) is 90.3 Å². The lowest BCUT2D eigenvalue weighted by Gasteiger charge is -2.22. The van der Waals surface area contributed by atoms with Crippen molar-refractivity contribution in [1.82, 2.24) is 0 Å². The Kier molecular flexibility index (Phi) is 6.35. The second-order valence-electron chi connectivity index (χ2n) is 7.98. The van der Waals surface area contributed by atoms with Crippen LogP contribution in [0.15, 0.2) is 89.8 Å². The Bertz CT molecular complexity index is 1520. The van der Waals surface area contributed by atoms with Gasteiger partial charge in [-0.1, -0.05) is 54.6 Å². The van der Waals surface area contributed by atoms with E-state index in [9.17, 15) is 13.2 Å². The number of anilines is 2. The van der Waals surface area contributed by atoms with Crippen molar-refractivity contribution in [3.8, 4) is 6.07 Å². The first-order valence-corrected chi connectivity index (χ1v) is 12.1. The summed E-state index contributed by atoms with van der Waals surface area (Å²) < 4.78 is 28.2. The molecule has 4 aromatic carbocycles. The normalized spacial score (nSPS) is 11.1. The predicted octanol–water partition coefficient (Wildman–Crippen LogP) is 5.03. The highest BCUT2D eigenvalue weighted by atomic mass is 32.2. The molecule has 6 nitrogen and oxygen atoms in total. The molecule has 4 aromatic rings. The molecular formula is C27H23N3O3S. The lowest BCUT2D eigenvalue weighted by molar-refractivity contribution is -0.115. The summed E-state index contributed by atoms with van der Waals surface area (Å²) in [6, 6.07) is 26.6. The Balaban J connectivity index is 1.59. The van der Waals surface area contributed by atoms with Gasteiger partial charge in [0.05, 0.1) is 28.6 Å². The fourth-order valence-corrected chi connectivity index (χ4v) is 5.12. The number of carbonyl (C=O) groups excluding carboxylic acids is 1. The summed E-state index contributed by atoms with van der Waals surface area (Å²) in [5.74, 6) is -0.232. The Morgan fingerprint density at radius 2 is 1.68 bits per heavy atom. The SMILES string of the molecule is Cc1ccc(N(C)S(=O)(=O)c2cccc3ccccc23)cc1NC(=O)Cc1ccc(C#N)cc1. The van der Waals surface area contributed by atoms with Gasteiger partial charge in [0.15, 0.2) is 0 Å². The number of nitriles is 1. The standard InChI is InChI=1S/C27H23N3O3S/c1-19-10-15-23(17-25(19)29-27(31)16-20-11-13-21(18-28)14-12-20)30(2)34(32,33)26-9-5-7-22-6-3-4-8-24(22)26/h3-15,17H,16H2,1-2H3,(H,29,31). The molecule has 1 amide bonds. The zero-order chi connectivity index (χ0) is 24.3. The number of nitrogens with one attached hydrogen (secondary N) is 1. The van der Waals surface area contributed by atoms with Gasteiger partial charge in [-0.25, -0.2) is 8.42 Å². The van der Waals surface area contributed by atoms with Gasteiger partial charge < -0.3 is 5.32 Å². The molecule has 0 atom stereocenters. The van der Waals surface area contributed by atoms with Gasteiger partial charge in [0.25, 0.3) is 10.0 Å². The van der Waals surface area contributed by atoms with Crippen LogP contribution in [0.25, 0.3) is 10.8 Å². The summed E-state index contributed by atoms with van der Waals surface area (Å²) in [5, 5.41) is 13.3. The molecule has 0 unspecified atom stereocenters. The maximum atomic E-state index is 13.5. The Labute approximate surface area is 199 Å². The largest absolute Gasteiger partial charge is 0.325 e. The number of amides is 1. The van der Waals surface area contributed by atoms with Crippen molar-refractivity contribution in [2.24, 2.45) is 0 Å². The van der Waals surface area contributed by atoms with Crippen molar-refractivity contribution in [3.63, 3.8) is 0 Å². The van der Waals surface area contributed by atoms with Crippen LogP contribution in [0.3, 0.4) is 0 Å². The molecule has 0 spiro atoms. The molecule has 0 bridgehead atoms. The van der Waals surface area contributed by atoms with Crippen LogP contribution in [0.1, 0.15) is 16.7 Å². The molecule has 0 heterocycles.